The average molecular weight is 281 g/mol. The van der Waals surface area contributed by atoms with E-state index in [-0.39, 0.29) is 12.0 Å². The van der Waals surface area contributed by atoms with Crippen LogP contribution in [-0.4, -0.2) is 37.7 Å². The summed E-state index contributed by atoms with van der Waals surface area (Å²) in [6.45, 7) is 3.50. The van der Waals surface area contributed by atoms with Gasteiger partial charge in [0.05, 0.1) is 6.61 Å². The van der Waals surface area contributed by atoms with Crippen molar-refractivity contribution in [2.45, 2.75) is 24.3 Å². The summed E-state index contributed by atoms with van der Waals surface area (Å²) in [5.74, 6) is 0. The lowest BCUT2D eigenvalue weighted by molar-refractivity contribution is -0.0154. The van der Waals surface area contributed by atoms with Gasteiger partial charge >= 0.3 is 0 Å². The molecule has 0 bridgehead atoms. The molecule has 1 aliphatic rings. The minimum Gasteiger partial charge on any atom is -0.396 e. The first-order chi connectivity index (χ1) is 9.28. The Balaban J connectivity index is 1.81. The highest BCUT2D eigenvalue weighted by molar-refractivity contribution is 7.98. The predicted molar refractivity (Wildman–Crippen MR) is 79.5 cm³/mol. The molecular formula is C15H23NO2S. The minimum atomic E-state index is 0.0114. The van der Waals surface area contributed by atoms with Gasteiger partial charge in [0.1, 0.15) is 0 Å². The van der Waals surface area contributed by atoms with Gasteiger partial charge in [-0.1, -0.05) is 12.1 Å². The molecular weight excluding hydrogens is 258 g/mol. The molecule has 1 fully saturated rings. The van der Waals surface area contributed by atoms with Crippen molar-refractivity contribution in [3.05, 3.63) is 29.8 Å². The highest BCUT2D eigenvalue weighted by Gasteiger charge is 2.31. The molecule has 0 radical (unpaired) electrons. The number of nitrogens with one attached hydrogen (secondary N) is 1. The molecule has 2 N–H and O–H groups in total. The zero-order valence-corrected chi connectivity index (χ0v) is 12.3. The van der Waals surface area contributed by atoms with Crippen LogP contribution in [0.3, 0.4) is 0 Å². The number of rotatable bonds is 6. The summed E-state index contributed by atoms with van der Waals surface area (Å²) < 4.78 is 5.38. The Labute approximate surface area is 119 Å². The number of aliphatic hydroxyl groups is 1. The first kappa shape index (κ1) is 14.9. The topological polar surface area (TPSA) is 41.5 Å². The predicted octanol–water partition coefficient (Wildman–Crippen LogP) is 2.29. The van der Waals surface area contributed by atoms with Crippen molar-refractivity contribution < 1.29 is 9.84 Å². The number of aliphatic hydroxyl groups excluding tert-OH is 1. The van der Waals surface area contributed by atoms with Gasteiger partial charge in [0.25, 0.3) is 0 Å². The van der Waals surface area contributed by atoms with Crippen molar-refractivity contribution in [3.8, 4) is 0 Å². The van der Waals surface area contributed by atoms with Crippen LogP contribution in [-0.2, 0) is 11.3 Å². The van der Waals surface area contributed by atoms with E-state index in [0.29, 0.717) is 0 Å². The second-order valence-corrected chi connectivity index (χ2v) is 6.10. The number of ether oxygens (including phenoxy) is 1. The monoisotopic (exact) mass is 281 g/mol. The fourth-order valence-electron chi connectivity index (χ4n) is 2.41. The molecule has 4 heteroatoms. The fourth-order valence-corrected chi connectivity index (χ4v) is 2.82. The number of thioether (sulfide) groups is 1. The maximum absolute atomic E-state index is 9.61. The molecule has 1 aromatic carbocycles. The molecule has 0 spiro atoms. The highest BCUT2D eigenvalue weighted by Crippen LogP contribution is 2.29. The summed E-state index contributed by atoms with van der Waals surface area (Å²) in [4.78, 5) is 1.29. The van der Waals surface area contributed by atoms with Crippen molar-refractivity contribution in [3.63, 3.8) is 0 Å². The van der Waals surface area contributed by atoms with Crippen LogP contribution in [0.2, 0.25) is 0 Å². The van der Waals surface area contributed by atoms with Crippen LogP contribution in [0.1, 0.15) is 18.4 Å². The molecule has 2 rings (SSSR count). The van der Waals surface area contributed by atoms with Gasteiger partial charge in [-0.2, -0.15) is 0 Å². The SMILES string of the molecule is CSc1ccc(CNCC2(CO)CCOCC2)cc1. The molecule has 1 aliphatic heterocycles. The first-order valence-corrected chi connectivity index (χ1v) is 8.03. The van der Waals surface area contributed by atoms with Crippen LogP contribution in [0, 0.1) is 5.41 Å². The van der Waals surface area contributed by atoms with Crippen molar-refractivity contribution in [2.75, 3.05) is 32.6 Å². The smallest absolute Gasteiger partial charge is 0.0501 e. The normalized spacial score (nSPS) is 18.4. The quantitative estimate of drug-likeness (QED) is 0.785. The van der Waals surface area contributed by atoms with Gasteiger partial charge < -0.3 is 15.2 Å². The Morgan fingerprint density at radius 3 is 2.53 bits per heavy atom. The van der Waals surface area contributed by atoms with E-state index < -0.39 is 0 Å². The number of benzene rings is 1. The third-order valence-electron chi connectivity index (χ3n) is 3.88. The second-order valence-electron chi connectivity index (χ2n) is 5.22. The molecule has 1 aromatic rings. The molecule has 1 heterocycles. The van der Waals surface area contributed by atoms with Crippen LogP contribution < -0.4 is 5.32 Å². The van der Waals surface area contributed by atoms with Crippen molar-refractivity contribution in [1.29, 1.82) is 0 Å². The average Bonchev–Trinajstić information content (AvgIpc) is 2.49. The number of hydrogen-bond donors (Lipinski definition) is 2. The Bertz CT molecular complexity index is 374. The summed E-state index contributed by atoms with van der Waals surface area (Å²) in [6.07, 6.45) is 3.98. The molecule has 0 atom stereocenters. The van der Waals surface area contributed by atoms with E-state index >= 15 is 0 Å². The zero-order valence-electron chi connectivity index (χ0n) is 11.5. The van der Waals surface area contributed by atoms with Gasteiger partial charge in [-0.05, 0) is 36.8 Å². The lowest BCUT2D eigenvalue weighted by Crippen LogP contribution is -2.41. The summed E-state index contributed by atoms with van der Waals surface area (Å²) in [5, 5.41) is 13.1. The zero-order chi connectivity index (χ0) is 13.6. The molecule has 0 amide bonds. The third-order valence-corrected chi connectivity index (χ3v) is 4.62. The molecule has 0 aliphatic carbocycles. The lowest BCUT2D eigenvalue weighted by Gasteiger charge is -2.35. The Morgan fingerprint density at radius 1 is 1.26 bits per heavy atom. The van der Waals surface area contributed by atoms with Crippen LogP contribution in [0.5, 0.6) is 0 Å². The minimum absolute atomic E-state index is 0.0114. The van der Waals surface area contributed by atoms with E-state index in [1.807, 2.05) is 0 Å². The maximum Gasteiger partial charge on any atom is 0.0501 e. The van der Waals surface area contributed by atoms with Crippen molar-refractivity contribution in [1.82, 2.24) is 5.32 Å². The van der Waals surface area contributed by atoms with E-state index in [9.17, 15) is 5.11 Å². The Hall–Kier alpha value is -0.550. The largest absolute Gasteiger partial charge is 0.396 e. The van der Waals surface area contributed by atoms with Gasteiger partial charge in [-0.3, -0.25) is 0 Å². The molecule has 19 heavy (non-hydrogen) atoms. The molecule has 3 nitrogen and oxygen atoms in total. The summed E-state index contributed by atoms with van der Waals surface area (Å²) in [6, 6.07) is 8.62. The molecule has 106 valence electrons. The van der Waals surface area contributed by atoms with E-state index in [2.05, 4.69) is 35.8 Å². The van der Waals surface area contributed by atoms with Gasteiger partial charge in [0, 0.05) is 36.6 Å². The summed E-state index contributed by atoms with van der Waals surface area (Å²) >= 11 is 1.76. The maximum atomic E-state index is 9.61. The third kappa shape index (κ3) is 4.21. The van der Waals surface area contributed by atoms with Crippen LogP contribution in [0.15, 0.2) is 29.2 Å². The molecule has 0 saturated carbocycles. The Kier molecular flexibility index (Phi) is 5.70. The molecule has 1 saturated heterocycles. The van der Waals surface area contributed by atoms with E-state index in [1.165, 1.54) is 10.5 Å². The van der Waals surface area contributed by atoms with E-state index in [0.717, 1.165) is 39.1 Å². The van der Waals surface area contributed by atoms with Gasteiger partial charge in [0.2, 0.25) is 0 Å². The van der Waals surface area contributed by atoms with Gasteiger partial charge in [-0.25, -0.2) is 0 Å². The van der Waals surface area contributed by atoms with Crippen molar-refractivity contribution in [2.24, 2.45) is 5.41 Å². The molecule has 0 aromatic heterocycles. The van der Waals surface area contributed by atoms with Gasteiger partial charge in [-0.15, -0.1) is 11.8 Å². The second kappa shape index (κ2) is 7.29. The van der Waals surface area contributed by atoms with Crippen LogP contribution in [0.4, 0.5) is 0 Å². The van der Waals surface area contributed by atoms with Crippen molar-refractivity contribution >= 4 is 11.8 Å². The van der Waals surface area contributed by atoms with Crippen LogP contribution in [0.25, 0.3) is 0 Å². The van der Waals surface area contributed by atoms with Gasteiger partial charge in [0.15, 0.2) is 0 Å². The number of hydrogen-bond acceptors (Lipinski definition) is 4. The van der Waals surface area contributed by atoms with Crippen LogP contribution >= 0.6 is 11.8 Å². The highest BCUT2D eigenvalue weighted by atomic mass is 32.2. The standard InChI is InChI=1S/C15H23NO2S/c1-19-14-4-2-13(3-5-14)10-16-11-15(12-17)6-8-18-9-7-15/h2-5,16-17H,6-12H2,1H3. The molecule has 0 unspecified atom stereocenters. The van der Waals surface area contributed by atoms with E-state index in [1.54, 1.807) is 11.8 Å². The Morgan fingerprint density at radius 2 is 1.95 bits per heavy atom. The van der Waals surface area contributed by atoms with E-state index in [4.69, 9.17) is 4.74 Å². The lowest BCUT2D eigenvalue weighted by atomic mass is 9.81. The fraction of sp³-hybridized carbons (Fsp3) is 0.600. The first-order valence-electron chi connectivity index (χ1n) is 6.80. The summed E-state index contributed by atoms with van der Waals surface area (Å²) in [5.41, 5.74) is 1.30. The summed E-state index contributed by atoms with van der Waals surface area (Å²) in [7, 11) is 0.